The molecular weight excluding hydrogens is 318 g/mol. The highest BCUT2D eigenvalue weighted by atomic mass is 16.5. The lowest BCUT2D eigenvalue weighted by Crippen LogP contribution is -2.30. The summed E-state index contributed by atoms with van der Waals surface area (Å²) in [5.41, 5.74) is 2.17. The molecule has 2 rings (SSSR count). The fourth-order valence-corrected chi connectivity index (χ4v) is 2.30. The number of hydrogen-bond acceptors (Lipinski definition) is 3. The van der Waals surface area contributed by atoms with Crippen molar-refractivity contribution < 1.29 is 14.3 Å². The van der Waals surface area contributed by atoms with E-state index in [1.54, 1.807) is 43.3 Å². The first kappa shape index (κ1) is 18.3. The summed E-state index contributed by atoms with van der Waals surface area (Å²) in [6, 6.07) is 14.1. The molecule has 0 unspecified atom stereocenters. The second kappa shape index (κ2) is 8.73. The van der Waals surface area contributed by atoms with E-state index in [2.05, 4.69) is 10.6 Å². The van der Waals surface area contributed by atoms with E-state index in [1.807, 2.05) is 31.2 Å². The van der Waals surface area contributed by atoms with Crippen molar-refractivity contribution in [1.29, 1.82) is 0 Å². The van der Waals surface area contributed by atoms with Crippen LogP contribution in [0.5, 0.6) is 5.75 Å². The average molecular weight is 341 g/mol. The van der Waals surface area contributed by atoms with Gasteiger partial charge in [-0.15, -0.1) is 0 Å². The summed E-state index contributed by atoms with van der Waals surface area (Å²) in [5.74, 6) is 0.628. The van der Waals surface area contributed by atoms with Crippen molar-refractivity contribution in [3.05, 3.63) is 59.7 Å². The monoisotopic (exact) mass is 341 g/mol. The van der Waals surface area contributed by atoms with Crippen LogP contribution in [0, 0.1) is 0 Å². The highest BCUT2D eigenvalue weighted by molar-refractivity contribution is 5.95. The number of carbonyl (C=O) groups is 2. The fourth-order valence-electron chi connectivity index (χ4n) is 2.30. The van der Waals surface area contributed by atoms with Crippen LogP contribution in [0.2, 0.25) is 0 Å². The van der Waals surface area contributed by atoms with E-state index in [0.717, 1.165) is 11.3 Å². The molecule has 0 fully saturated rings. The van der Waals surface area contributed by atoms with Crippen LogP contribution in [-0.2, 0) is 6.54 Å². The molecule has 2 aromatic rings. The van der Waals surface area contributed by atoms with E-state index >= 15 is 0 Å². The number of ether oxygens (including phenoxy) is 1. The molecule has 0 aliphatic heterocycles. The third-order valence-corrected chi connectivity index (χ3v) is 3.64. The minimum Gasteiger partial charge on any atom is -0.497 e. The molecule has 0 spiro atoms. The Bertz CT molecular complexity index is 729. The molecule has 0 heterocycles. The molecule has 0 saturated heterocycles. The second-order valence-corrected chi connectivity index (χ2v) is 5.57. The number of anilines is 1. The Hall–Kier alpha value is -3.02. The Morgan fingerprint density at radius 2 is 1.84 bits per heavy atom. The van der Waals surface area contributed by atoms with Gasteiger partial charge < -0.3 is 20.3 Å². The minimum absolute atomic E-state index is 0.129. The quantitative estimate of drug-likeness (QED) is 0.848. The highest BCUT2D eigenvalue weighted by Gasteiger charge is 2.11. The summed E-state index contributed by atoms with van der Waals surface area (Å²) < 4.78 is 5.19. The van der Waals surface area contributed by atoms with E-state index in [0.29, 0.717) is 24.3 Å². The first-order valence-electron chi connectivity index (χ1n) is 8.06. The fraction of sp³-hybridized carbons (Fsp3) is 0.263. The zero-order valence-corrected chi connectivity index (χ0v) is 14.7. The normalized spacial score (nSPS) is 10.0. The maximum absolute atomic E-state index is 12.3. The third kappa shape index (κ3) is 5.24. The summed E-state index contributed by atoms with van der Waals surface area (Å²) in [7, 11) is 3.33. The lowest BCUT2D eigenvalue weighted by molar-refractivity contribution is 0.0956. The van der Waals surface area contributed by atoms with Crippen molar-refractivity contribution in [2.75, 3.05) is 26.0 Å². The van der Waals surface area contributed by atoms with Crippen LogP contribution in [0.1, 0.15) is 22.8 Å². The van der Waals surface area contributed by atoms with Gasteiger partial charge in [0, 0.05) is 31.4 Å². The van der Waals surface area contributed by atoms with E-state index in [-0.39, 0.29) is 11.9 Å². The van der Waals surface area contributed by atoms with Gasteiger partial charge in [-0.25, -0.2) is 4.79 Å². The van der Waals surface area contributed by atoms with Gasteiger partial charge >= 0.3 is 6.03 Å². The third-order valence-electron chi connectivity index (χ3n) is 3.64. The van der Waals surface area contributed by atoms with E-state index in [4.69, 9.17) is 4.74 Å². The zero-order valence-electron chi connectivity index (χ0n) is 14.7. The predicted molar refractivity (Wildman–Crippen MR) is 97.9 cm³/mol. The number of benzene rings is 2. The molecule has 6 heteroatoms. The Labute approximate surface area is 147 Å². The summed E-state index contributed by atoms with van der Waals surface area (Å²) in [5, 5.41) is 5.54. The molecule has 3 amide bonds. The molecule has 2 aromatic carbocycles. The van der Waals surface area contributed by atoms with Crippen LogP contribution in [0.15, 0.2) is 48.5 Å². The second-order valence-electron chi connectivity index (χ2n) is 5.57. The van der Waals surface area contributed by atoms with Crippen LogP contribution >= 0.6 is 0 Å². The molecule has 0 saturated carbocycles. The number of carbonyl (C=O) groups excluding carboxylic acids is 2. The topological polar surface area (TPSA) is 70.7 Å². The van der Waals surface area contributed by atoms with Gasteiger partial charge in [-0.05, 0) is 48.9 Å². The summed E-state index contributed by atoms with van der Waals surface area (Å²) in [6.07, 6.45) is 0. The Morgan fingerprint density at radius 3 is 2.48 bits per heavy atom. The van der Waals surface area contributed by atoms with Gasteiger partial charge in [0.05, 0.1) is 7.11 Å². The van der Waals surface area contributed by atoms with Crippen LogP contribution in [-0.4, -0.2) is 37.5 Å². The standard InChI is InChI=1S/C19H23N3O3/c1-4-20-18(23)15-8-10-16(11-9-15)21-19(24)22(2)13-14-6-5-7-17(12-14)25-3/h5-12H,4,13H2,1-3H3,(H,20,23)(H,21,24). The molecule has 0 atom stereocenters. The molecular formula is C19H23N3O3. The molecule has 2 N–H and O–H groups in total. The van der Waals surface area contributed by atoms with Crippen molar-refractivity contribution >= 4 is 17.6 Å². The van der Waals surface area contributed by atoms with Gasteiger partial charge in [-0.2, -0.15) is 0 Å². The van der Waals surface area contributed by atoms with Crippen LogP contribution in [0.4, 0.5) is 10.5 Å². The van der Waals surface area contributed by atoms with Crippen molar-refractivity contribution in [3.8, 4) is 5.75 Å². The van der Waals surface area contributed by atoms with Crippen LogP contribution < -0.4 is 15.4 Å². The summed E-state index contributed by atoms with van der Waals surface area (Å²) in [4.78, 5) is 25.6. The Kier molecular flexibility index (Phi) is 6.39. The average Bonchev–Trinajstić information content (AvgIpc) is 2.62. The maximum atomic E-state index is 12.3. The Balaban J connectivity index is 1.95. The predicted octanol–water partition coefficient (Wildman–Crippen LogP) is 3.11. The summed E-state index contributed by atoms with van der Waals surface area (Å²) in [6.45, 7) is 2.90. The van der Waals surface area contributed by atoms with Crippen molar-refractivity contribution in [3.63, 3.8) is 0 Å². The van der Waals surface area contributed by atoms with Gasteiger partial charge in [-0.1, -0.05) is 12.1 Å². The van der Waals surface area contributed by atoms with Gasteiger partial charge in [0.2, 0.25) is 0 Å². The SMILES string of the molecule is CCNC(=O)c1ccc(NC(=O)N(C)Cc2cccc(OC)c2)cc1. The number of nitrogens with zero attached hydrogens (tertiary/aromatic N) is 1. The molecule has 0 aliphatic carbocycles. The number of hydrogen-bond donors (Lipinski definition) is 2. The molecule has 0 aromatic heterocycles. The van der Waals surface area contributed by atoms with Gasteiger partial charge in [-0.3, -0.25) is 4.79 Å². The van der Waals surface area contributed by atoms with E-state index < -0.39 is 0 Å². The van der Waals surface area contributed by atoms with Crippen molar-refractivity contribution in [1.82, 2.24) is 10.2 Å². The van der Waals surface area contributed by atoms with Gasteiger partial charge in [0.1, 0.15) is 5.75 Å². The maximum Gasteiger partial charge on any atom is 0.321 e. The van der Waals surface area contributed by atoms with Crippen LogP contribution in [0.3, 0.4) is 0 Å². The molecule has 0 radical (unpaired) electrons. The highest BCUT2D eigenvalue weighted by Crippen LogP contribution is 2.15. The van der Waals surface area contributed by atoms with Crippen molar-refractivity contribution in [2.45, 2.75) is 13.5 Å². The zero-order chi connectivity index (χ0) is 18.2. The Morgan fingerprint density at radius 1 is 1.12 bits per heavy atom. The molecule has 6 nitrogen and oxygen atoms in total. The molecule has 0 bridgehead atoms. The number of rotatable bonds is 6. The number of nitrogens with one attached hydrogen (secondary N) is 2. The van der Waals surface area contributed by atoms with Crippen LogP contribution in [0.25, 0.3) is 0 Å². The van der Waals surface area contributed by atoms with Crippen molar-refractivity contribution in [2.24, 2.45) is 0 Å². The number of methoxy groups -OCH3 is 1. The molecule has 25 heavy (non-hydrogen) atoms. The minimum atomic E-state index is -0.228. The first-order valence-corrected chi connectivity index (χ1v) is 8.06. The lowest BCUT2D eigenvalue weighted by Gasteiger charge is -2.18. The number of amides is 3. The van der Waals surface area contributed by atoms with Gasteiger partial charge in [0.25, 0.3) is 5.91 Å². The molecule has 0 aliphatic rings. The van der Waals surface area contributed by atoms with Gasteiger partial charge in [0.15, 0.2) is 0 Å². The summed E-state index contributed by atoms with van der Waals surface area (Å²) >= 11 is 0. The van der Waals surface area contributed by atoms with E-state index in [1.165, 1.54) is 0 Å². The smallest absolute Gasteiger partial charge is 0.321 e. The number of urea groups is 1. The first-order chi connectivity index (χ1) is 12.0. The van der Waals surface area contributed by atoms with E-state index in [9.17, 15) is 9.59 Å². The lowest BCUT2D eigenvalue weighted by atomic mass is 10.2. The molecule has 132 valence electrons. The largest absolute Gasteiger partial charge is 0.497 e.